The molecule has 2 nitrogen and oxygen atoms in total. The summed E-state index contributed by atoms with van der Waals surface area (Å²) in [6, 6.07) is 1.47. The Morgan fingerprint density at radius 2 is 1.94 bits per heavy atom. The van der Waals surface area contributed by atoms with Crippen molar-refractivity contribution in [3.63, 3.8) is 0 Å². The summed E-state index contributed by atoms with van der Waals surface area (Å²) in [6.07, 6.45) is 5.35. The average Bonchev–Trinajstić information content (AvgIpc) is 2.30. The topological polar surface area (TPSA) is 15.3 Å². The lowest BCUT2D eigenvalue weighted by atomic mass is 9.96. The van der Waals surface area contributed by atoms with Crippen molar-refractivity contribution in [3.8, 4) is 0 Å². The van der Waals surface area contributed by atoms with E-state index in [2.05, 4.69) is 37.9 Å². The molecule has 1 aliphatic rings. The molecule has 0 bridgehead atoms. The third-order valence-electron chi connectivity index (χ3n) is 3.94. The van der Waals surface area contributed by atoms with Crippen LogP contribution in [0.3, 0.4) is 0 Å². The van der Waals surface area contributed by atoms with Gasteiger partial charge < -0.3 is 5.32 Å². The summed E-state index contributed by atoms with van der Waals surface area (Å²) < 4.78 is 0. The fourth-order valence-corrected chi connectivity index (χ4v) is 2.92. The predicted octanol–water partition coefficient (Wildman–Crippen LogP) is 2.89. The van der Waals surface area contributed by atoms with Crippen LogP contribution in [0.5, 0.6) is 0 Å². The highest BCUT2D eigenvalue weighted by Crippen LogP contribution is 2.18. The van der Waals surface area contributed by atoms with Crippen molar-refractivity contribution in [3.05, 3.63) is 0 Å². The third-order valence-corrected chi connectivity index (χ3v) is 3.94. The maximum absolute atomic E-state index is 3.53. The Balaban J connectivity index is 2.48. The Labute approximate surface area is 102 Å². The Kier molecular flexibility index (Phi) is 6.37. The molecule has 1 N–H and O–H groups in total. The second kappa shape index (κ2) is 7.29. The maximum Gasteiger partial charge on any atom is 0.00928 e. The van der Waals surface area contributed by atoms with Crippen molar-refractivity contribution in [2.75, 3.05) is 19.6 Å². The van der Waals surface area contributed by atoms with Gasteiger partial charge in [-0.05, 0) is 58.5 Å². The van der Waals surface area contributed by atoms with E-state index in [-0.39, 0.29) is 0 Å². The first-order valence-corrected chi connectivity index (χ1v) is 7.15. The van der Waals surface area contributed by atoms with Crippen molar-refractivity contribution in [2.45, 2.75) is 65.5 Å². The van der Waals surface area contributed by atoms with Crippen LogP contribution in [0.15, 0.2) is 0 Å². The van der Waals surface area contributed by atoms with Crippen LogP contribution in [-0.4, -0.2) is 36.6 Å². The van der Waals surface area contributed by atoms with Crippen LogP contribution in [0, 0.1) is 5.92 Å². The van der Waals surface area contributed by atoms with E-state index in [4.69, 9.17) is 0 Å². The summed E-state index contributed by atoms with van der Waals surface area (Å²) in [7, 11) is 0. The van der Waals surface area contributed by atoms with E-state index in [0.29, 0.717) is 6.04 Å². The molecule has 1 fully saturated rings. The molecule has 0 aliphatic carbocycles. The molecule has 1 aliphatic heterocycles. The molecule has 1 rings (SSSR count). The van der Waals surface area contributed by atoms with Gasteiger partial charge in [-0.25, -0.2) is 0 Å². The molecule has 0 amide bonds. The van der Waals surface area contributed by atoms with E-state index in [1.54, 1.807) is 0 Å². The first-order chi connectivity index (χ1) is 7.69. The lowest BCUT2D eigenvalue weighted by Gasteiger charge is -2.38. The second-order valence-corrected chi connectivity index (χ2v) is 5.47. The number of hydrogen-bond donors (Lipinski definition) is 1. The molecule has 0 saturated carbocycles. The standard InChI is InChI=1S/C14H30N2/c1-5-14(6-2)16(12(3)4)11-13-8-7-9-15-10-13/h12-15H,5-11H2,1-4H3. The number of piperidine rings is 1. The molecule has 16 heavy (non-hydrogen) atoms. The van der Waals surface area contributed by atoms with Gasteiger partial charge in [-0.15, -0.1) is 0 Å². The van der Waals surface area contributed by atoms with E-state index in [9.17, 15) is 0 Å². The van der Waals surface area contributed by atoms with Crippen molar-refractivity contribution in [1.29, 1.82) is 0 Å². The molecule has 1 unspecified atom stereocenters. The highest BCUT2D eigenvalue weighted by atomic mass is 15.2. The Bertz CT molecular complexity index is 170. The number of rotatable bonds is 6. The Hall–Kier alpha value is -0.0800. The fraction of sp³-hybridized carbons (Fsp3) is 1.00. The van der Waals surface area contributed by atoms with Gasteiger partial charge in [0.2, 0.25) is 0 Å². The lowest BCUT2D eigenvalue weighted by Crippen LogP contribution is -2.46. The van der Waals surface area contributed by atoms with Crippen LogP contribution in [-0.2, 0) is 0 Å². The third kappa shape index (κ3) is 4.06. The quantitative estimate of drug-likeness (QED) is 0.749. The molecule has 0 aromatic carbocycles. The second-order valence-electron chi connectivity index (χ2n) is 5.47. The minimum absolute atomic E-state index is 0.687. The summed E-state index contributed by atoms with van der Waals surface area (Å²) >= 11 is 0. The zero-order valence-corrected chi connectivity index (χ0v) is 11.6. The molecule has 0 aromatic heterocycles. The summed E-state index contributed by atoms with van der Waals surface area (Å²) in [5, 5.41) is 3.53. The smallest absolute Gasteiger partial charge is 0.00928 e. The van der Waals surface area contributed by atoms with Crippen LogP contribution in [0.4, 0.5) is 0 Å². The van der Waals surface area contributed by atoms with Gasteiger partial charge >= 0.3 is 0 Å². The molecular formula is C14H30N2. The van der Waals surface area contributed by atoms with E-state index in [1.165, 1.54) is 45.3 Å². The SMILES string of the molecule is CCC(CC)N(CC1CCCNC1)C(C)C. The van der Waals surface area contributed by atoms with Crippen LogP contribution < -0.4 is 5.32 Å². The van der Waals surface area contributed by atoms with Gasteiger partial charge in [0, 0.05) is 18.6 Å². The van der Waals surface area contributed by atoms with Gasteiger partial charge in [0.05, 0.1) is 0 Å². The monoisotopic (exact) mass is 226 g/mol. The first kappa shape index (κ1) is 14.0. The van der Waals surface area contributed by atoms with Crippen molar-refractivity contribution in [1.82, 2.24) is 10.2 Å². The van der Waals surface area contributed by atoms with Gasteiger partial charge in [-0.2, -0.15) is 0 Å². The van der Waals surface area contributed by atoms with Gasteiger partial charge in [-0.3, -0.25) is 4.90 Å². The molecule has 0 aromatic rings. The van der Waals surface area contributed by atoms with Gasteiger partial charge in [-0.1, -0.05) is 13.8 Å². The van der Waals surface area contributed by atoms with E-state index < -0.39 is 0 Å². The summed E-state index contributed by atoms with van der Waals surface area (Å²) in [5.41, 5.74) is 0. The van der Waals surface area contributed by atoms with E-state index >= 15 is 0 Å². The first-order valence-electron chi connectivity index (χ1n) is 7.15. The summed E-state index contributed by atoms with van der Waals surface area (Å²) in [6.45, 7) is 13.1. The van der Waals surface area contributed by atoms with E-state index in [1.807, 2.05) is 0 Å². The highest BCUT2D eigenvalue weighted by Gasteiger charge is 2.23. The summed E-state index contributed by atoms with van der Waals surface area (Å²) in [4.78, 5) is 2.72. The number of hydrogen-bond acceptors (Lipinski definition) is 2. The molecule has 2 heteroatoms. The average molecular weight is 226 g/mol. The van der Waals surface area contributed by atoms with Crippen LogP contribution >= 0.6 is 0 Å². The minimum atomic E-state index is 0.687. The lowest BCUT2D eigenvalue weighted by molar-refractivity contribution is 0.112. The van der Waals surface area contributed by atoms with Crippen molar-refractivity contribution >= 4 is 0 Å². The van der Waals surface area contributed by atoms with E-state index in [0.717, 1.165) is 12.0 Å². The van der Waals surface area contributed by atoms with Gasteiger partial charge in [0.25, 0.3) is 0 Å². The van der Waals surface area contributed by atoms with Crippen LogP contribution in [0.2, 0.25) is 0 Å². The van der Waals surface area contributed by atoms with Crippen LogP contribution in [0.25, 0.3) is 0 Å². The van der Waals surface area contributed by atoms with Gasteiger partial charge in [0.1, 0.15) is 0 Å². The molecule has 1 atom stereocenters. The fourth-order valence-electron chi connectivity index (χ4n) is 2.92. The molecule has 96 valence electrons. The zero-order chi connectivity index (χ0) is 12.0. The van der Waals surface area contributed by atoms with Gasteiger partial charge in [0.15, 0.2) is 0 Å². The molecular weight excluding hydrogens is 196 g/mol. The number of nitrogens with zero attached hydrogens (tertiary/aromatic N) is 1. The largest absolute Gasteiger partial charge is 0.316 e. The Morgan fingerprint density at radius 3 is 2.38 bits per heavy atom. The normalized spacial score (nSPS) is 22.3. The minimum Gasteiger partial charge on any atom is -0.316 e. The Morgan fingerprint density at radius 1 is 1.25 bits per heavy atom. The highest BCUT2D eigenvalue weighted by molar-refractivity contribution is 4.78. The molecule has 1 saturated heterocycles. The maximum atomic E-state index is 3.53. The van der Waals surface area contributed by atoms with Crippen LogP contribution in [0.1, 0.15) is 53.4 Å². The molecule has 1 heterocycles. The number of nitrogens with one attached hydrogen (secondary N) is 1. The van der Waals surface area contributed by atoms with Crippen molar-refractivity contribution < 1.29 is 0 Å². The van der Waals surface area contributed by atoms with Crippen molar-refractivity contribution in [2.24, 2.45) is 5.92 Å². The summed E-state index contributed by atoms with van der Waals surface area (Å²) in [5.74, 6) is 0.872. The zero-order valence-electron chi connectivity index (χ0n) is 11.6. The predicted molar refractivity (Wildman–Crippen MR) is 71.8 cm³/mol. The molecule has 0 spiro atoms. The molecule has 0 radical (unpaired) electrons.